The number of carbonyl (C=O) groups excluding carboxylic acids is 1. The van der Waals surface area contributed by atoms with Crippen LogP contribution in [0.15, 0.2) is 36.7 Å². The second-order valence-corrected chi connectivity index (χ2v) is 8.22. The minimum atomic E-state index is -5.08. The van der Waals surface area contributed by atoms with Crippen molar-refractivity contribution >= 4 is 44.5 Å². The molecule has 0 aliphatic heterocycles. The molecule has 4 rings (SSSR count). The maximum Gasteiger partial charge on any atom is 0.490 e. The molecular weight excluding hydrogens is 553 g/mol. The minimum absolute atomic E-state index is 0.290. The van der Waals surface area contributed by atoms with E-state index < -0.39 is 36.4 Å². The lowest BCUT2D eigenvalue weighted by molar-refractivity contribution is -0.193. The van der Waals surface area contributed by atoms with Crippen LogP contribution in [0.5, 0.6) is 0 Å². The molecule has 1 aliphatic rings. The molecule has 0 spiro atoms. The quantitative estimate of drug-likeness (QED) is 0.383. The summed E-state index contributed by atoms with van der Waals surface area (Å²) in [5.74, 6) is -6.37. The van der Waals surface area contributed by atoms with Crippen molar-refractivity contribution in [1.82, 2.24) is 9.97 Å². The molecule has 2 heterocycles. The van der Waals surface area contributed by atoms with E-state index >= 15 is 0 Å². The van der Waals surface area contributed by atoms with E-state index in [0.29, 0.717) is 17.1 Å². The van der Waals surface area contributed by atoms with Gasteiger partial charge >= 0.3 is 24.3 Å². The van der Waals surface area contributed by atoms with Gasteiger partial charge in [-0.2, -0.15) is 31.6 Å². The van der Waals surface area contributed by atoms with Crippen LogP contribution in [0, 0.1) is 17.2 Å². The molecule has 2 aromatic heterocycles. The Morgan fingerprint density at radius 1 is 1.05 bits per heavy atom. The minimum Gasteiger partial charge on any atom is -0.475 e. The van der Waals surface area contributed by atoms with Gasteiger partial charge in [-0.3, -0.25) is 9.78 Å². The number of aliphatic carboxylic acids is 2. The average Bonchev–Trinajstić information content (AvgIpc) is 3.42. The third kappa shape index (κ3) is 8.37. The van der Waals surface area contributed by atoms with Gasteiger partial charge in [0.2, 0.25) is 5.91 Å². The maximum atomic E-state index is 12.9. The van der Waals surface area contributed by atoms with Gasteiger partial charge in [-0.25, -0.2) is 19.0 Å². The number of aromatic nitrogens is 2. The number of carbonyl (C=O) groups is 3. The number of anilines is 1. The molecule has 3 N–H and O–H groups in total. The van der Waals surface area contributed by atoms with Crippen molar-refractivity contribution in [1.29, 1.82) is 5.26 Å². The molecule has 1 fully saturated rings. The zero-order valence-electron chi connectivity index (χ0n) is 18.3. The molecule has 202 valence electrons. The highest BCUT2D eigenvalue weighted by Gasteiger charge is 2.44. The van der Waals surface area contributed by atoms with Crippen molar-refractivity contribution in [2.45, 2.75) is 24.9 Å². The van der Waals surface area contributed by atoms with E-state index in [1.54, 1.807) is 18.5 Å². The van der Waals surface area contributed by atoms with Crippen molar-refractivity contribution in [3.63, 3.8) is 0 Å². The van der Waals surface area contributed by atoms with Crippen LogP contribution in [0.2, 0.25) is 0 Å². The Bertz CT molecular complexity index is 1360. The predicted molar refractivity (Wildman–Crippen MR) is 117 cm³/mol. The molecular formula is C21H13F7N4O5S. The topological polar surface area (TPSA) is 153 Å². The Kier molecular flexibility index (Phi) is 9.29. The van der Waals surface area contributed by atoms with Crippen molar-refractivity contribution in [3.8, 4) is 17.2 Å². The highest BCUT2D eigenvalue weighted by molar-refractivity contribution is 7.22. The van der Waals surface area contributed by atoms with E-state index in [-0.39, 0.29) is 5.91 Å². The van der Waals surface area contributed by atoms with Crippen LogP contribution < -0.4 is 5.32 Å². The summed E-state index contributed by atoms with van der Waals surface area (Å²) in [4.78, 5) is 38.0. The van der Waals surface area contributed by atoms with Gasteiger partial charge in [0.25, 0.3) is 0 Å². The van der Waals surface area contributed by atoms with Crippen molar-refractivity contribution in [2.24, 2.45) is 5.92 Å². The number of thiazole rings is 1. The van der Waals surface area contributed by atoms with Crippen molar-refractivity contribution < 1.29 is 55.3 Å². The Labute approximate surface area is 211 Å². The van der Waals surface area contributed by atoms with Gasteiger partial charge in [0.1, 0.15) is 6.17 Å². The molecule has 17 heteroatoms. The van der Waals surface area contributed by atoms with Crippen LogP contribution in [0.1, 0.15) is 12.0 Å². The van der Waals surface area contributed by atoms with E-state index in [0.717, 1.165) is 21.3 Å². The first kappa shape index (κ1) is 29.9. The maximum absolute atomic E-state index is 12.9. The molecule has 0 saturated heterocycles. The summed E-state index contributed by atoms with van der Waals surface area (Å²) < 4.78 is 77.3. The van der Waals surface area contributed by atoms with Crippen LogP contribution in [0.3, 0.4) is 0 Å². The number of hydrogen-bond acceptors (Lipinski definition) is 7. The van der Waals surface area contributed by atoms with Crippen LogP contribution >= 0.6 is 11.3 Å². The number of nitriles is 1. The van der Waals surface area contributed by atoms with Crippen LogP contribution in [-0.4, -0.2) is 56.6 Å². The Morgan fingerprint density at radius 2 is 1.61 bits per heavy atom. The number of fused-ring (bicyclic) bond motifs is 1. The largest absolute Gasteiger partial charge is 0.490 e. The van der Waals surface area contributed by atoms with Gasteiger partial charge in [-0.1, -0.05) is 17.4 Å². The summed E-state index contributed by atoms with van der Waals surface area (Å²) in [5.41, 5.74) is 2.90. The molecule has 38 heavy (non-hydrogen) atoms. The summed E-state index contributed by atoms with van der Waals surface area (Å²) in [5, 5.41) is 26.6. The first-order valence-corrected chi connectivity index (χ1v) is 10.7. The molecule has 2 atom stereocenters. The van der Waals surface area contributed by atoms with Crippen molar-refractivity contribution in [3.05, 3.63) is 42.2 Å². The standard InChI is InChI=1S/C17H11FN4OS.2C2HF3O2/c18-13-6-11(13)16(23)22-17-21-14-2-1-9(5-15(14)24-17)12-8-20-4-3-10(12)7-19;2*3-2(4,5)1(6)7/h1-5,8,11,13H,6H2,(H,21,22,23);2*(H,6,7)/t11-,13+;;/m1../s1. The van der Waals surface area contributed by atoms with Gasteiger partial charge < -0.3 is 15.5 Å². The second-order valence-electron chi connectivity index (χ2n) is 7.19. The van der Waals surface area contributed by atoms with Crippen LogP contribution in [-0.2, 0) is 14.4 Å². The molecule has 1 saturated carbocycles. The number of nitrogens with one attached hydrogen (secondary N) is 1. The third-order valence-electron chi connectivity index (χ3n) is 4.41. The zero-order valence-corrected chi connectivity index (χ0v) is 19.2. The Balaban J connectivity index is 0.000000301. The van der Waals surface area contributed by atoms with E-state index in [1.807, 2.05) is 18.2 Å². The van der Waals surface area contributed by atoms with Gasteiger partial charge in [0.05, 0.1) is 27.8 Å². The highest BCUT2D eigenvalue weighted by Crippen LogP contribution is 2.36. The molecule has 1 amide bonds. The Hall–Kier alpha value is -4.33. The van der Waals surface area contributed by atoms with Crippen LogP contribution in [0.4, 0.5) is 35.9 Å². The zero-order chi connectivity index (χ0) is 28.8. The molecule has 1 aromatic carbocycles. The number of carboxylic acids is 2. The van der Waals surface area contributed by atoms with Gasteiger partial charge in [0, 0.05) is 18.0 Å². The van der Waals surface area contributed by atoms with E-state index in [9.17, 15) is 40.8 Å². The predicted octanol–water partition coefficient (Wildman–Crippen LogP) is 4.79. The lowest BCUT2D eigenvalue weighted by atomic mass is 10.0. The molecule has 0 bridgehead atoms. The summed E-state index contributed by atoms with van der Waals surface area (Å²) in [7, 11) is 0. The van der Waals surface area contributed by atoms with E-state index in [2.05, 4.69) is 21.4 Å². The fourth-order valence-corrected chi connectivity index (χ4v) is 3.41. The van der Waals surface area contributed by atoms with E-state index in [1.165, 1.54) is 11.3 Å². The number of hydrogen-bond donors (Lipinski definition) is 3. The normalized spacial score (nSPS) is 16.2. The monoisotopic (exact) mass is 566 g/mol. The lowest BCUT2D eigenvalue weighted by Gasteiger charge is -2.02. The smallest absolute Gasteiger partial charge is 0.475 e. The summed E-state index contributed by atoms with van der Waals surface area (Å²) >= 11 is 1.33. The molecule has 9 nitrogen and oxygen atoms in total. The fourth-order valence-electron chi connectivity index (χ4n) is 2.50. The number of rotatable bonds is 3. The number of amides is 1. The van der Waals surface area contributed by atoms with E-state index in [4.69, 9.17) is 19.8 Å². The Morgan fingerprint density at radius 3 is 2.08 bits per heavy atom. The lowest BCUT2D eigenvalue weighted by Crippen LogP contribution is -2.21. The molecule has 0 unspecified atom stereocenters. The average molecular weight is 566 g/mol. The number of halogens is 7. The first-order valence-electron chi connectivity index (χ1n) is 9.84. The summed E-state index contributed by atoms with van der Waals surface area (Å²) in [6.07, 6.45) is -7.67. The second kappa shape index (κ2) is 11.8. The first-order chi connectivity index (χ1) is 17.5. The molecule has 3 aromatic rings. The van der Waals surface area contributed by atoms with Gasteiger partial charge in [-0.05, 0) is 30.2 Å². The fraction of sp³-hybridized carbons (Fsp3) is 0.238. The number of nitrogens with zero attached hydrogens (tertiary/aromatic N) is 3. The highest BCUT2D eigenvalue weighted by atomic mass is 32.1. The van der Waals surface area contributed by atoms with Crippen molar-refractivity contribution in [2.75, 3.05) is 5.32 Å². The summed E-state index contributed by atoms with van der Waals surface area (Å²) in [6.45, 7) is 0. The van der Waals surface area contributed by atoms with Crippen LogP contribution in [0.25, 0.3) is 21.3 Å². The number of alkyl halides is 7. The molecule has 1 aliphatic carbocycles. The van der Waals surface area contributed by atoms with Gasteiger partial charge in [-0.15, -0.1) is 0 Å². The summed E-state index contributed by atoms with van der Waals surface area (Å²) in [6, 6.07) is 9.43. The SMILES string of the molecule is N#Cc1ccncc1-c1ccc2nc(NC(=O)[C@@H]3C[C@@H]3F)sc2c1.O=C(O)C(F)(F)F.O=C(O)C(F)(F)F. The van der Waals surface area contributed by atoms with Gasteiger partial charge in [0.15, 0.2) is 5.13 Å². The number of pyridine rings is 1. The number of benzene rings is 1. The molecule has 0 radical (unpaired) electrons. The number of carboxylic acid groups (broad SMARTS) is 2. The third-order valence-corrected chi connectivity index (χ3v) is 5.34.